The summed E-state index contributed by atoms with van der Waals surface area (Å²) >= 11 is 0. The number of aromatic nitrogens is 4. The van der Waals surface area contributed by atoms with E-state index in [4.69, 9.17) is 9.47 Å². The van der Waals surface area contributed by atoms with Crippen LogP contribution in [0.2, 0.25) is 0 Å². The first kappa shape index (κ1) is 59.3. The monoisotopic (exact) mass is 958 g/mol. The van der Waals surface area contributed by atoms with Crippen molar-refractivity contribution in [2.75, 3.05) is 44.5 Å². The zero-order chi connectivity index (χ0) is 48.8. The normalized spacial score (nSPS) is 12.3. The first-order valence-electron chi connectivity index (χ1n) is 23.5. The van der Waals surface area contributed by atoms with Gasteiger partial charge in [-0.2, -0.15) is 5.21 Å². The van der Waals surface area contributed by atoms with E-state index in [0.29, 0.717) is 12.8 Å². The Morgan fingerprint density at radius 3 is 1.70 bits per heavy atom. The molecule has 0 aromatic carbocycles. The number of carbonyl (C=O) groups excluding carboxylic acids is 6. The van der Waals surface area contributed by atoms with Gasteiger partial charge in [-0.15, -0.1) is 10.2 Å². The highest BCUT2D eigenvalue weighted by molar-refractivity contribution is 7.92. The van der Waals surface area contributed by atoms with Gasteiger partial charge < -0.3 is 35.6 Å². The van der Waals surface area contributed by atoms with Crippen LogP contribution in [-0.2, 0) is 64.1 Å². The highest BCUT2D eigenvalue weighted by Crippen LogP contribution is 2.14. The number of hydrogen-bond acceptors (Lipinski definition) is 15. The summed E-state index contributed by atoms with van der Waals surface area (Å²) in [5.74, 6) is -5.37. The minimum absolute atomic E-state index is 0.00413. The van der Waals surface area contributed by atoms with Crippen LogP contribution in [0.3, 0.4) is 0 Å². The number of unbranched alkanes of at least 4 members (excludes halogenated alkanes) is 12. The lowest BCUT2D eigenvalue weighted by Crippen LogP contribution is -2.44. The number of carboxylic acid groups (broad SMARTS) is 2. The van der Waals surface area contributed by atoms with Gasteiger partial charge in [0.1, 0.15) is 36.0 Å². The summed E-state index contributed by atoms with van der Waals surface area (Å²) in [6.45, 7) is 2.22. The van der Waals surface area contributed by atoms with Gasteiger partial charge in [0.05, 0.1) is 19.0 Å². The molecule has 22 heteroatoms. The van der Waals surface area contributed by atoms with Gasteiger partial charge in [-0.1, -0.05) is 75.8 Å². The van der Waals surface area contributed by atoms with Crippen LogP contribution in [0.15, 0.2) is 0 Å². The van der Waals surface area contributed by atoms with Crippen molar-refractivity contribution in [2.45, 2.75) is 180 Å². The number of nitrogens with zero attached hydrogens (tertiary/aromatic N) is 3. The van der Waals surface area contributed by atoms with Crippen LogP contribution in [0.5, 0.6) is 0 Å². The number of tetrazole rings is 1. The van der Waals surface area contributed by atoms with Crippen molar-refractivity contribution >= 4 is 56.8 Å². The van der Waals surface area contributed by atoms with Crippen LogP contribution >= 0.6 is 0 Å². The van der Waals surface area contributed by atoms with E-state index in [1.54, 1.807) is 0 Å². The average molecular weight is 958 g/mol. The second-order valence-corrected chi connectivity index (χ2v) is 18.8. The number of aromatic amines is 1. The predicted molar refractivity (Wildman–Crippen MR) is 242 cm³/mol. The number of H-pyrrole nitrogens is 1. The first-order chi connectivity index (χ1) is 31.6. The number of amides is 3. The summed E-state index contributed by atoms with van der Waals surface area (Å²) in [6, 6.07) is -2.83. The molecule has 0 unspecified atom stereocenters. The number of nitrogens with one attached hydrogen (secondary N) is 4. The number of aryl methyl sites for hydroxylation is 1. The Hall–Kier alpha value is -4.70. The summed E-state index contributed by atoms with van der Waals surface area (Å²) in [7, 11) is -3.66. The molecule has 2 atom stereocenters. The Labute approximate surface area is 388 Å². The van der Waals surface area contributed by atoms with Crippen molar-refractivity contribution in [2.24, 2.45) is 0 Å². The summed E-state index contributed by atoms with van der Waals surface area (Å²) in [5.41, 5.74) is 0. The molecule has 0 aliphatic rings. The molecule has 0 saturated carbocycles. The molecular formula is C44H75N7O14S. The standard InChI is InChI=1S/C44H75N7O14S/c1-34(52)32-65-30-29-64-28-16-19-35(53)23-24-37(43(58)59)47-42(57)26-25-38(44(60)61)46-41(56)21-15-27-45-40(55)22-17-31-66(62,63)33-36(54)18-13-11-9-7-5-3-2-4-6-8-10-12-14-20-39-48-50-51-49-39/h37-38H,2-33H2,1H3,(H,45,55)(H,46,56)(H,47,57)(H,58,59)(H,60,61)(H,48,49,50,51)/t37-,38-/m0/s1. The lowest BCUT2D eigenvalue weighted by atomic mass is 10.0. The lowest BCUT2D eigenvalue weighted by Gasteiger charge is -2.17. The molecule has 66 heavy (non-hydrogen) atoms. The number of carbonyl (C=O) groups is 8. The molecule has 1 aromatic rings. The largest absolute Gasteiger partial charge is 0.480 e. The molecule has 0 fully saturated rings. The first-order valence-corrected chi connectivity index (χ1v) is 25.3. The van der Waals surface area contributed by atoms with Crippen molar-refractivity contribution in [3.05, 3.63) is 5.82 Å². The SMILES string of the molecule is CC(=O)COCCOCCCC(=O)CC[C@H](NC(=O)CC[C@H](NC(=O)CCCNC(=O)CCCS(=O)(=O)CC(=O)CCCCCCCCCCCCCCCc1nn[nH]n1)C(=O)O)C(=O)O. The maximum Gasteiger partial charge on any atom is 0.326 e. The number of rotatable bonds is 45. The van der Waals surface area contributed by atoms with E-state index >= 15 is 0 Å². The van der Waals surface area contributed by atoms with E-state index in [1.807, 2.05) is 0 Å². The zero-order valence-electron chi connectivity index (χ0n) is 38.8. The molecule has 0 aliphatic carbocycles. The van der Waals surface area contributed by atoms with Gasteiger partial charge >= 0.3 is 11.9 Å². The Balaban J connectivity index is 2.12. The van der Waals surface area contributed by atoms with Crippen LogP contribution in [0.25, 0.3) is 0 Å². The number of aliphatic carboxylic acids is 2. The Bertz CT molecular complexity index is 1700. The summed E-state index contributed by atoms with van der Waals surface area (Å²) in [4.78, 5) is 95.9. The second-order valence-electron chi connectivity index (χ2n) is 16.6. The van der Waals surface area contributed by atoms with Crippen molar-refractivity contribution < 1.29 is 66.5 Å². The number of hydrogen-bond donors (Lipinski definition) is 6. The third-order valence-electron chi connectivity index (χ3n) is 10.4. The second kappa shape index (κ2) is 37.4. The van der Waals surface area contributed by atoms with Gasteiger partial charge in [-0.25, -0.2) is 18.0 Å². The van der Waals surface area contributed by atoms with Gasteiger partial charge in [0.15, 0.2) is 21.4 Å². The summed E-state index contributed by atoms with van der Waals surface area (Å²) in [6.07, 6.45) is 14.9. The van der Waals surface area contributed by atoms with E-state index in [2.05, 4.69) is 36.6 Å². The fourth-order valence-electron chi connectivity index (χ4n) is 6.81. The van der Waals surface area contributed by atoms with Crippen molar-refractivity contribution in [1.82, 2.24) is 36.6 Å². The molecular weight excluding hydrogens is 883 g/mol. The van der Waals surface area contributed by atoms with Crippen LogP contribution in [0.4, 0.5) is 0 Å². The topological polar surface area (TPSA) is 320 Å². The highest BCUT2D eigenvalue weighted by atomic mass is 32.2. The van der Waals surface area contributed by atoms with Crippen LogP contribution < -0.4 is 16.0 Å². The zero-order valence-corrected chi connectivity index (χ0v) is 39.6. The molecule has 1 heterocycles. The maximum atomic E-state index is 12.5. The molecule has 0 bridgehead atoms. The number of Topliss-reactive ketones (excluding diaryl/α,β-unsaturated/α-hetero) is 3. The fraction of sp³-hybridized carbons (Fsp3) is 0.795. The predicted octanol–water partition coefficient (Wildman–Crippen LogP) is 3.53. The average Bonchev–Trinajstić information content (AvgIpc) is 3.78. The molecule has 6 N–H and O–H groups in total. The van der Waals surface area contributed by atoms with E-state index in [0.717, 1.165) is 44.3 Å². The quantitative estimate of drug-likeness (QED) is 0.0509. The Morgan fingerprint density at radius 2 is 1.12 bits per heavy atom. The third-order valence-corrected chi connectivity index (χ3v) is 12.1. The van der Waals surface area contributed by atoms with Crippen molar-refractivity contribution in [3.63, 3.8) is 0 Å². The van der Waals surface area contributed by atoms with Gasteiger partial charge in [0.25, 0.3) is 0 Å². The van der Waals surface area contributed by atoms with E-state index < -0.39 is 63.8 Å². The lowest BCUT2D eigenvalue weighted by molar-refractivity contribution is -0.143. The van der Waals surface area contributed by atoms with Crippen molar-refractivity contribution in [1.29, 1.82) is 0 Å². The van der Waals surface area contributed by atoms with E-state index in [1.165, 1.54) is 51.9 Å². The number of carboxylic acids is 2. The molecule has 21 nitrogen and oxygen atoms in total. The summed E-state index contributed by atoms with van der Waals surface area (Å²) in [5, 5.41) is 40.2. The maximum absolute atomic E-state index is 12.5. The molecule has 1 rings (SSSR count). The minimum atomic E-state index is -3.66. The molecule has 0 saturated heterocycles. The van der Waals surface area contributed by atoms with Crippen molar-refractivity contribution in [3.8, 4) is 0 Å². The van der Waals surface area contributed by atoms with Crippen LogP contribution in [0.1, 0.15) is 167 Å². The van der Waals surface area contributed by atoms with Gasteiger partial charge in [-0.05, 0) is 51.9 Å². The highest BCUT2D eigenvalue weighted by Gasteiger charge is 2.25. The minimum Gasteiger partial charge on any atom is -0.480 e. The number of ketones is 3. The molecule has 3 amide bonds. The van der Waals surface area contributed by atoms with Crippen LogP contribution in [0, 0.1) is 0 Å². The Morgan fingerprint density at radius 1 is 0.591 bits per heavy atom. The van der Waals surface area contributed by atoms with Gasteiger partial charge in [0, 0.05) is 58.1 Å². The number of ether oxygens (including phenoxy) is 2. The third kappa shape index (κ3) is 34.6. The van der Waals surface area contributed by atoms with E-state index in [-0.39, 0.29) is 114 Å². The number of sulfone groups is 1. The Kier molecular flexibility index (Phi) is 33.6. The van der Waals surface area contributed by atoms with Gasteiger partial charge in [-0.3, -0.25) is 28.8 Å². The van der Waals surface area contributed by atoms with E-state index in [9.17, 15) is 57.0 Å². The smallest absolute Gasteiger partial charge is 0.326 e. The fourth-order valence-corrected chi connectivity index (χ4v) is 8.17. The molecule has 0 spiro atoms. The van der Waals surface area contributed by atoms with Crippen LogP contribution in [-0.4, -0.2) is 143 Å². The molecule has 376 valence electrons. The molecule has 0 radical (unpaired) electrons. The molecule has 1 aromatic heterocycles. The summed E-state index contributed by atoms with van der Waals surface area (Å²) < 4.78 is 35.3. The molecule has 0 aliphatic heterocycles. The van der Waals surface area contributed by atoms with Gasteiger partial charge in [0.2, 0.25) is 17.7 Å².